The molecule has 6 nitrogen and oxygen atoms in total. The van der Waals surface area contributed by atoms with E-state index in [-0.39, 0.29) is 11.6 Å². The highest BCUT2D eigenvalue weighted by Crippen LogP contribution is 2.31. The normalized spacial score (nSPS) is 21.2. The van der Waals surface area contributed by atoms with Crippen molar-refractivity contribution in [1.29, 1.82) is 0 Å². The Morgan fingerprint density at radius 2 is 2.09 bits per heavy atom. The van der Waals surface area contributed by atoms with Gasteiger partial charge in [0.2, 0.25) is 0 Å². The van der Waals surface area contributed by atoms with Crippen molar-refractivity contribution >= 4 is 17.3 Å². The van der Waals surface area contributed by atoms with Gasteiger partial charge in [0.25, 0.3) is 11.6 Å². The van der Waals surface area contributed by atoms with E-state index in [1.165, 1.54) is 32.4 Å². The van der Waals surface area contributed by atoms with Gasteiger partial charge in [0.05, 0.1) is 4.92 Å². The van der Waals surface area contributed by atoms with E-state index in [2.05, 4.69) is 17.6 Å². The summed E-state index contributed by atoms with van der Waals surface area (Å²) >= 11 is 0. The molecule has 0 saturated heterocycles. The third kappa shape index (κ3) is 3.75. The molecule has 1 aromatic carbocycles. The fraction of sp³-hybridized carbons (Fsp3) is 0.562. The van der Waals surface area contributed by atoms with E-state index in [0.717, 1.165) is 13.0 Å². The van der Waals surface area contributed by atoms with Crippen LogP contribution in [0.25, 0.3) is 0 Å². The topological polar surface area (TPSA) is 84.3 Å². The Morgan fingerprint density at radius 1 is 1.36 bits per heavy atom. The van der Waals surface area contributed by atoms with Crippen molar-refractivity contribution in [2.45, 2.75) is 32.6 Å². The highest BCUT2D eigenvalue weighted by Gasteiger charge is 2.23. The van der Waals surface area contributed by atoms with Crippen molar-refractivity contribution < 1.29 is 9.72 Å². The first-order valence-corrected chi connectivity index (χ1v) is 7.77. The van der Waals surface area contributed by atoms with Gasteiger partial charge in [-0.05, 0) is 30.4 Å². The van der Waals surface area contributed by atoms with E-state index in [9.17, 15) is 14.9 Å². The smallest absolute Gasteiger partial charge is 0.293 e. The van der Waals surface area contributed by atoms with Gasteiger partial charge in [0, 0.05) is 25.2 Å². The Bertz CT molecular complexity index is 560. The minimum absolute atomic E-state index is 0.0513. The lowest BCUT2D eigenvalue weighted by Crippen LogP contribution is -2.24. The number of hydrogen-bond acceptors (Lipinski definition) is 4. The molecule has 2 rings (SSSR count). The summed E-state index contributed by atoms with van der Waals surface area (Å²) in [6, 6.07) is 4.56. The number of hydrogen-bond donors (Lipinski definition) is 2. The van der Waals surface area contributed by atoms with Crippen molar-refractivity contribution in [2.24, 2.45) is 11.8 Å². The van der Waals surface area contributed by atoms with Crippen LogP contribution in [-0.2, 0) is 0 Å². The Hall–Kier alpha value is -2.11. The predicted octanol–water partition coefficient (Wildman–Crippen LogP) is 3.19. The quantitative estimate of drug-likeness (QED) is 0.646. The van der Waals surface area contributed by atoms with Gasteiger partial charge in [-0.3, -0.25) is 14.9 Å². The van der Waals surface area contributed by atoms with Crippen LogP contribution in [0.1, 0.15) is 43.0 Å². The van der Waals surface area contributed by atoms with Crippen LogP contribution in [0.3, 0.4) is 0 Å². The van der Waals surface area contributed by atoms with Crippen LogP contribution < -0.4 is 10.6 Å². The minimum Gasteiger partial charge on any atom is -0.379 e. The SMILES string of the molecule is CNC(=O)c1ccc(NCC2CCCCC2C)c([N+](=O)[O-])c1. The number of carbonyl (C=O) groups excluding carboxylic acids is 1. The summed E-state index contributed by atoms with van der Waals surface area (Å²) in [5.41, 5.74) is 0.728. The fourth-order valence-corrected chi connectivity index (χ4v) is 3.06. The van der Waals surface area contributed by atoms with E-state index in [1.54, 1.807) is 12.1 Å². The lowest BCUT2D eigenvalue weighted by Gasteiger charge is -2.29. The molecular formula is C16H23N3O3. The van der Waals surface area contributed by atoms with E-state index in [4.69, 9.17) is 0 Å². The molecule has 0 spiro atoms. The average molecular weight is 305 g/mol. The zero-order valence-corrected chi connectivity index (χ0v) is 13.1. The number of anilines is 1. The summed E-state index contributed by atoms with van der Waals surface area (Å²) in [6.45, 7) is 2.98. The van der Waals surface area contributed by atoms with E-state index < -0.39 is 4.92 Å². The summed E-state index contributed by atoms with van der Waals surface area (Å²) in [7, 11) is 1.50. The van der Waals surface area contributed by atoms with Gasteiger partial charge < -0.3 is 10.6 Å². The van der Waals surface area contributed by atoms with Gasteiger partial charge in [-0.25, -0.2) is 0 Å². The lowest BCUT2D eigenvalue weighted by molar-refractivity contribution is -0.384. The Balaban J connectivity index is 2.12. The number of carbonyl (C=O) groups is 1. The summed E-state index contributed by atoms with van der Waals surface area (Å²) in [5.74, 6) is 0.868. The molecule has 1 aliphatic rings. The number of rotatable bonds is 5. The Kier molecular flexibility index (Phi) is 5.35. The largest absolute Gasteiger partial charge is 0.379 e. The van der Waals surface area contributed by atoms with Crippen LogP contribution in [0.5, 0.6) is 0 Å². The highest BCUT2D eigenvalue weighted by atomic mass is 16.6. The minimum atomic E-state index is -0.445. The lowest BCUT2D eigenvalue weighted by atomic mass is 9.80. The molecule has 1 aromatic rings. The molecule has 1 amide bonds. The number of nitrogens with one attached hydrogen (secondary N) is 2. The molecule has 2 N–H and O–H groups in total. The molecule has 6 heteroatoms. The van der Waals surface area contributed by atoms with Crippen LogP contribution in [0.15, 0.2) is 18.2 Å². The summed E-state index contributed by atoms with van der Waals surface area (Å²) < 4.78 is 0. The maximum atomic E-state index is 11.6. The van der Waals surface area contributed by atoms with Crippen molar-refractivity contribution in [2.75, 3.05) is 18.9 Å². The molecule has 0 aliphatic heterocycles. The first kappa shape index (κ1) is 16.3. The van der Waals surface area contributed by atoms with Gasteiger partial charge in [-0.15, -0.1) is 0 Å². The van der Waals surface area contributed by atoms with Crippen LogP contribution in [0.4, 0.5) is 11.4 Å². The summed E-state index contributed by atoms with van der Waals surface area (Å²) in [4.78, 5) is 22.4. The third-order valence-corrected chi connectivity index (χ3v) is 4.53. The van der Waals surface area contributed by atoms with Gasteiger partial charge in [-0.1, -0.05) is 26.2 Å². The second kappa shape index (κ2) is 7.24. The monoisotopic (exact) mass is 305 g/mol. The van der Waals surface area contributed by atoms with Crippen LogP contribution in [-0.4, -0.2) is 24.4 Å². The van der Waals surface area contributed by atoms with E-state index >= 15 is 0 Å². The van der Waals surface area contributed by atoms with Crippen LogP contribution >= 0.6 is 0 Å². The van der Waals surface area contributed by atoms with Crippen molar-refractivity contribution in [3.8, 4) is 0 Å². The van der Waals surface area contributed by atoms with Crippen molar-refractivity contribution in [3.05, 3.63) is 33.9 Å². The molecule has 0 bridgehead atoms. The second-order valence-electron chi connectivity index (χ2n) is 5.97. The maximum absolute atomic E-state index is 11.6. The number of nitro benzene ring substituents is 1. The summed E-state index contributed by atoms with van der Waals surface area (Å²) in [5, 5.41) is 16.9. The van der Waals surface area contributed by atoms with Gasteiger partial charge in [-0.2, -0.15) is 0 Å². The molecule has 1 saturated carbocycles. The van der Waals surface area contributed by atoms with Crippen LogP contribution in [0, 0.1) is 22.0 Å². The molecule has 2 atom stereocenters. The zero-order chi connectivity index (χ0) is 16.1. The average Bonchev–Trinajstić information content (AvgIpc) is 2.53. The molecule has 0 aromatic heterocycles. The molecular weight excluding hydrogens is 282 g/mol. The number of amides is 1. The summed E-state index contributed by atoms with van der Waals surface area (Å²) in [6.07, 6.45) is 4.90. The number of benzene rings is 1. The van der Waals surface area contributed by atoms with Gasteiger partial charge in [0.15, 0.2) is 0 Å². The molecule has 120 valence electrons. The van der Waals surface area contributed by atoms with E-state index in [1.807, 2.05) is 0 Å². The molecule has 2 unspecified atom stereocenters. The molecule has 0 heterocycles. The predicted molar refractivity (Wildman–Crippen MR) is 86.1 cm³/mol. The fourth-order valence-electron chi connectivity index (χ4n) is 3.06. The molecule has 22 heavy (non-hydrogen) atoms. The van der Waals surface area contributed by atoms with E-state index in [0.29, 0.717) is 23.1 Å². The van der Waals surface area contributed by atoms with Crippen molar-refractivity contribution in [1.82, 2.24) is 5.32 Å². The maximum Gasteiger partial charge on any atom is 0.293 e. The van der Waals surface area contributed by atoms with Crippen molar-refractivity contribution in [3.63, 3.8) is 0 Å². The first-order chi connectivity index (χ1) is 10.5. The number of nitro groups is 1. The van der Waals surface area contributed by atoms with Gasteiger partial charge >= 0.3 is 0 Å². The van der Waals surface area contributed by atoms with Gasteiger partial charge in [0.1, 0.15) is 5.69 Å². The van der Waals surface area contributed by atoms with Crippen LogP contribution in [0.2, 0.25) is 0 Å². The second-order valence-corrected chi connectivity index (χ2v) is 5.97. The molecule has 1 aliphatic carbocycles. The Labute approximate surface area is 130 Å². The highest BCUT2D eigenvalue weighted by molar-refractivity contribution is 5.95. The standard InChI is InChI=1S/C16H23N3O3/c1-11-5-3-4-6-13(11)10-18-14-8-7-12(16(20)17-2)9-15(14)19(21)22/h7-9,11,13,18H,3-6,10H2,1-2H3,(H,17,20). The third-order valence-electron chi connectivity index (χ3n) is 4.53. The first-order valence-electron chi connectivity index (χ1n) is 7.77. The number of nitrogens with zero attached hydrogens (tertiary/aromatic N) is 1. The Morgan fingerprint density at radius 3 is 2.73 bits per heavy atom. The molecule has 1 fully saturated rings. The zero-order valence-electron chi connectivity index (χ0n) is 13.1. The molecule has 0 radical (unpaired) electrons.